The van der Waals surface area contributed by atoms with E-state index >= 15 is 0 Å². The molecule has 1 unspecified atom stereocenters. The molecule has 1 saturated carbocycles. The molecular formula is C27H33N3O5S. The second-order valence-corrected chi connectivity index (χ2v) is 12.1. The van der Waals surface area contributed by atoms with Gasteiger partial charge >= 0.3 is 5.97 Å². The number of carbonyl (C=O) groups excluding carboxylic acids is 1. The first-order valence-corrected chi connectivity index (χ1v) is 14.3. The number of hydrogen-bond acceptors (Lipinski definition) is 6. The molecule has 2 heterocycles. The van der Waals surface area contributed by atoms with Gasteiger partial charge in [0.15, 0.2) is 0 Å². The van der Waals surface area contributed by atoms with E-state index in [9.17, 15) is 18.0 Å². The van der Waals surface area contributed by atoms with Crippen LogP contribution in [0.3, 0.4) is 0 Å². The van der Waals surface area contributed by atoms with Crippen LogP contribution in [0.5, 0.6) is 0 Å². The first-order chi connectivity index (χ1) is 17.2. The minimum absolute atomic E-state index is 0.00181. The molecule has 36 heavy (non-hydrogen) atoms. The van der Waals surface area contributed by atoms with Crippen molar-refractivity contribution in [2.75, 3.05) is 35.1 Å². The first kappa shape index (κ1) is 24.6. The highest BCUT2D eigenvalue weighted by atomic mass is 32.2. The maximum absolute atomic E-state index is 12.7. The Labute approximate surface area is 212 Å². The molecular weight excluding hydrogens is 478 g/mol. The van der Waals surface area contributed by atoms with Gasteiger partial charge in [0.1, 0.15) is 0 Å². The van der Waals surface area contributed by atoms with E-state index in [0.29, 0.717) is 18.7 Å². The van der Waals surface area contributed by atoms with Crippen molar-refractivity contribution in [2.24, 2.45) is 18.4 Å². The molecule has 2 aliphatic carbocycles. The van der Waals surface area contributed by atoms with Crippen LogP contribution in [-0.4, -0.2) is 44.4 Å². The molecule has 1 aromatic heterocycles. The third kappa shape index (κ3) is 4.34. The van der Waals surface area contributed by atoms with Gasteiger partial charge in [-0.2, -0.15) is 0 Å². The molecule has 1 atom stereocenters. The van der Waals surface area contributed by atoms with Crippen molar-refractivity contribution < 1.29 is 17.9 Å². The van der Waals surface area contributed by atoms with Crippen LogP contribution in [0, 0.1) is 11.3 Å². The third-order valence-electron chi connectivity index (χ3n) is 7.92. The first-order valence-electron chi connectivity index (χ1n) is 12.6. The van der Waals surface area contributed by atoms with Crippen LogP contribution >= 0.6 is 0 Å². The van der Waals surface area contributed by atoms with Crippen LogP contribution in [0.4, 0.5) is 11.4 Å². The van der Waals surface area contributed by atoms with E-state index < -0.39 is 10.0 Å². The number of aryl methyl sites for hydroxylation is 1. The Morgan fingerprint density at radius 1 is 1.19 bits per heavy atom. The smallest absolute Gasteiger partial charge is 0.309 e. The number of ether oxygens (including phenoxy) is 1. The van der Waals surface area contributed by atoms with E-state index in [1.807, 2.05) is 37.4 Å². The van der Waals surface area contributed by atoms with E-state index in [0.717, 1.165) is 60.3 Å². The van der Waals surface area contributed by atoms with Gasteiger partial charge in [0, 0.05) is 54.4 Å². The van der Waals surface area contributed by atoms with Gasteiger partial charge in [-0.25, -0.2) is 8.42 Å². The number of nitrogens with zero attached hydrogens (tertiary/aromatic N) is 2. The van der Waals surface area contributed by atoms with Gasteiger partial charge in [-0.3, -0.25) is 14.3 Å². The molecule has 1 saturated heterocycles. The second kappa shape index (κ2) is 9.10. The zero-order valence-electron chi connectivity index (χ0n) is 21.0. The summed E-state index contributed by atoms with van der Waals surface area (Å²) in [6, 6.07) is 5.64. The number of allylic oxidation sites excluding steroid dienone is 1. The van der Waals surface area contributed by atoms with Crippen LogP contribution in [0.25, 0.3) is 17.2 Å². The minimum Gasteiger partial charge on any atom is -0.466 e. The molecule has 0 radical (unpaired) electrons. The van der Waals surface area contributed by atoms with Gasteiger partial charge in [-0.15, -0.1) is 0 Å². The summed E-state index contributed by atoms with van der Waals surface area (Å²) in [4.78, 5) is 27.3. The summed E-state index contributed by atoms with van der Waals surface area (Å²) in [6.45, 7) is 5.45. The Hall–Kier alpha value is -3.07. The topological polar surface area (TPSA) is 97.7 Å². The van der Waals surface area contributed by atoms with E-state index in [1.165, 1.54) is 0 Å². The fraction of sp³-hybridized carbons (Fsp3) is 0.481. The van der Waals surface area contributed by atoms with Crippen molar-refractivity contribution in [1.29, 1.82) is 0 Å². The van der Waals surface area contributed by atoms with Crippen LogP contribution in [0.1, 0.15) is 44.2 Å². The number of fused-ring (bicyclic) bond motifs is 1. The Kier molecular flexibility index (Phi) is 6.22. The normalized spacial score (nSPS) is 19.9. The average molecular weight is 512 g/mol. The number of benzene rings is 1. The third-order valence-corrected chi connectivity index (χ3v) is 9.23. The lowest BCUT2D eigenvalue weighted by molar-refractivity contribution is -0.145. The number of esters is 1. The summed E-state index contributed by atoms with van der Waals surface area (Å²) >= 11 is 0. The van der Waals surface area contributed by atoms with Crippen molar-refractivity contribution in [3.63, 3.8) is 0 Å². The number of piperidine rings is 1. The molecule has 1 spiro atoms. The molecule has 1 N–H and O–H groups in total. The molecule has 1 aliphatic heterocycles. The summed E-state index contributed by atoms with van der Waals surface area (Å²) in [7, 11) is -1.69. The number of anilines is 2. The number of hydrogen-bond donors (Lipinski definition) is 1. The highest BCUT2D eigenvalue weighted by molar-refractivity contribution is 7.92. The summed E-state index contributed by atoms with van der Waals surface area (Å²) in [5.41, 5.74) is 4.98. The van der Waals surface area contributed by atoms with Crippen molar-refractivity contribution >= 4 is 33.4 Å². The maximum atomic E-state index is 12.7. The lowest BCUT2D eigenvalue weighted by Gasteiger charge is -2.36. The van der Waals surface area contributed by atoms with Crippen molar-refractivity contribution in [3.8, 4) is 11.1 Å². The van der Waals surface area contributed by atoms with E-state index in [4.69, 9.17) is 4.74 Å². The SMILES string of the molecule is CCOC(=O)C1CC12CCN(c1ccc(NS(=O)(=O)CC)cc1-c1cn(C)c(=O)c3c1C=CC3)CC2. The highest BCUT2D eigenvalue weighted by Crippen LogP contribution is 2.60. The lowest BCUT2D eigenvalue weighted by atomic mass is 9.89. The van der Waals surface area contributed by atoms with Crippen LogP contribution in [0.15, 0.2) is 35.3 Å². The van der Waals surface area contributed by atoms with Gasteiger partial charge in [0.25, 0.3) is 5.56 Å². The molecule has 192 valence electrons. The molecule has 0 bridgehead atoms. The van der Waals surface area contributed by atoms with Crippen molar-refractivity contribution in [1.82, 2.24) is 4.57 Å². The van der Waals surface area contributed by atoms with Gasteiger partial charge in [-0.1, -0.05) is 12.2 Å². The summed E-state index contributed by atoms with van der Waals surface area (Å²) in [5.74, 6) is -0.0912. The van der Waals surface area contributed by atoms with Gasteiger partial charge in [0.2, 0.25) is 10.0 Å². The van der Waals surface area contributed by atoms with Gasteiger partial charge in [0.05, 0.1) is 18.3 Å². The zero-order valence-corrected chi connectivity index (χ0v) is 21.9. The quantitative estimate of drug-likeness (QED) is 0.571. The Morgan fingerprint density at radius 2 is 1.94 bits per heavy atom. The number of pyridine rings is 1. The van der Waals surface area contributed by atoms with Crippen molar-refractivity contribution in [2.45, 2.75) is 39.5 Å². The monoisotopic (exact) mass is 511 g/mol. The standard InChI is InChI=1S/C27H33N3O5S/c1-4-35-26(32)23-16-27(23)11-13-30(14-12-27)24-10-9-18(28-36(33,34)5-2)15-21(24)22-17-29(3)25(31)20-8-6-7-19(20)22/h6-7,9-10,15,17,23,28H,4-5,8,11-14,16H2,1-3H3. The predicted octanol–water partition coefficient (Wildman–Crippen LogP) is 3.55. The van der Waals surface area contributed by atoms with Crippen molar-refractivity contribution in [3.05, 3.63) is 52.0 Å². The summed E-state index contributed by atoms with van der Waals surface area (Å²) < 4.78 is 34.1. The van der Waals surface area contributed by atoms with Crippen LogP contribution < -0.4 is 15.2 Å². The summed E-state index contributed by atoms with van der Waals surface area (Å²) in [6.07, 6.45) is 9.12. The van der Waals surface area contributed by atoms with Gasteiger partial charge < -0.3 is 14.2 Å². The number of sulfonamides is 1. The lowest BCUT2D eigenvalue weighted by Crippen LogP contribution is -2.36. The predicted molar refractivity (Wildman–Crippen MR) is 142 cm³/mol. The van der Waals surface area contributed by atoms with E-state index in [2.05, 4.69) is 9.62 Å². The second-order valence-electron chi connectivity index (χ2n) is 10.1. The fourth-order valence-electron chi connectivity index (χ4n) is 5.72. The summed E-state index contributed by atoms with van der Waals surface area (Å²) in [5, 5.41) is 0. The highest BCUT2D eigenvalue weighted by Gasteiger charge is 2.59. The number of aromatic nitrogens is 1. The molecule has 1 aromatic carbocycles. The fourth-order valence-corrected chi connectivity index (χ4v) is 6.35. The molecule has 0 amide bonds. The van der Waals surface area contributed by atoms with Gasteiger partial charge in [-0.05, 0) is 68.7 Å². The Bertz CT molecular complexity index is 1400. The molecule has 3 aliphatic rings. The Morgan fingerprint density at radius 3 is 2.64 bits per heavy atom. The number of nitrogens with one attached hydrogen (secondary N) is 1. The largest absolute Gasteiger partial charge is 0.466 e. The zero-order chi connectivity index (χ0) is 25.7. The average Bonchev–Trinajstić information content (AvgIpc) is 3.32. The number of rotatable bonds is 7. The molecule has 8 nitrogen and oxygen atoms in total. The number of carbonyl (C=O) groups is 1. The van der Waals surface area contributed by atoms with E-state index in [1.54, 1.807) is 24.6 Å². The molecule has 2 aromatic rings. The van der Waals surface area contributed by atoms with Crippen LogP contribution in [-0.2, 0) is 33.0 Å². The Balaban J connectivity index is 1.51. The molecule has 2 fully saturated rings. The maximum Gasteiger partial charge on any atom is 0.309 e. The molecule has 5 rings (SSSR count). The minimum atomic E-state index is -3.44. The van der Waals surface area contributed by atoms with Crippen LogP contribution in [0.2, 0.25) is 0 Å². The van der Waals surface area contributed by atoms with E-state index in [-0.39, 0.29) is 28.6 Å². The molecule has 9 heteroatoms.